The highest BCUT2D eigenvalue weighted by Crippen LogP contribution is 2.22. The molecule has 2 aromatic heterocycles. The Bertz CT molecular complexity index is 979. The molecular weight excluding hydrogens is 430 g/mol. The molecule has 27 heavy (non-hydrogen) atoms. The highest BCUT2D eigenvalue weighted by Gasteiger charge is 2.15. The summed E-state index contributed by atoms with van der Waals surface area (Å²) in [6.07, 6.45) is 2.08. The van der Waals surface area contributed by atoms with Crippen molar-refractivity contribution in [2.24, 2.45) is 0 Å². The molecule has 3 rings (SSSR count). The molecule has 1 N–H and O–H groups in total. The smallest absolute Gasteiger partial charge is 0.226 e. The number of amides is 1. The van der Waals surface area contributed by atoms with Gasteiger partial charge >= 0.3 is 0 Å². The van der Waals surface area contributed by atoms with Crippen LogP contribution in [0.5, 0.6) is 0 Å². The topological polar surface area (TPSA) is 64.7 Å². The second-order valence-corrected chi connectivity index (χ2v) is 7.72. The highest BCUT2D eigenvalue weighted by atomic mass is 79.9. The van der Waals surface area contributed by atoms with Gasteiger partial charge in [0.2, 0.25) is 5.91 Å². The molecule has 6 nitrogen and oxygen atoms in total. The van der Waals surface area contributed by atoms with E-state index in [0.717, 1.165) is 32.8 Å². The molecule has 0 spiro atoms. The molecule has 3 aromatic rings. The number of carbonyl (C=O) groups excluding carboxylic acids is 1. The number of nitrogens with zero attached hydrogens (tertiary/aromatic N) is 4. The summed E-state index contributed by atoms with van der Waals surface area (Å²) in [4.78, 5) is 12.4. The van der Waals surface area contributed by atoms with Gasteiger partial charge in [0.1, 0.15) is 0 Å². The van der Waals surface area contributed by atoms with Gasteiger partial charge in [0.15, 0.2) is 0 Å². The van der Waals surface area contributed by atoms with Crippen molar-refractivity contribution in [3.63, 3.8) is 0 Å². The average molecular weight is 451 g/mol. The van der Waals surface area contributed by atoms with Gasteiger partial charge in [-0.05, 0) is 54.4 Å². The van der Waals surface area contributed by atoms with E-state index in [1.165, 1.54) is 0 Å². The number of halogens is 2. The summed E-state index contributed by atoms with van der Waals surface area (Å²) < 4.78 is 4.63. The minimum absolute atomic E-state index is 0.0606. The van der Waals surface area contributed by atoms with E-state index in [1.54, 1.807) is 6.20 Å². The summed E-state index contributed by atoms with van der Waals surface area (Å²) in [6, 6.07) is 7.69. The van der Waals surface area contributed by atoms with Gasteiger partial charge < -0.3 is 5.32 Å². The molecule has 0 bridgehead atoms. The zero-order valence-electron chi connectivity index (χ0n) is 15.5. The second-order valence-electron chi connectivity index (χ2n) is 6.43. The van der Waals surface area contributed by atoms with Crippen LogP contribution in [0.2, 0.25) is 5.02 Å². The lowest BCUT2D eigenvalue weighted by Crippen LogP contribution is -2.16. The zero-order valence-corrected chi connectivity index (χ0v) is 17.8. The molecule has 2 heterocycles. The monoisotopic (exact) mass is 449 g/mol. The molecule has 8 heteroatoms. The van der Waals surface area contributed by atoms with E-state index in [2.05, 4.69) is 31.4 Å². The molecule has 1 amide bonds. The maximum atomic E-state index is 12.4. The lowest BCUT2D eigenvalue weighted by molar-refractivity contribution is -0.116. The quantitative estimate of drug-likeness (QED) is 0.601. The molecule has 142 valence electrons. The third-order valence-electron chi connectivity index (χ3n) is 4.46. The Morgan fingerprint density at radius 1 is 1.22 bits per heavy atom. The van der Waals surface area contributed by atoms with Gasteiger partial charge in [0, 0.05) is 17.1 Å². The lowest BCUT2D eigenvalue weighted by atomic mass is 10.2. The predicted octanol–water partition coefficient (Wildman–Crippen LogP) is 4.50. The van der Waals surface area contributed by atoms with Crippen LogP contribution in [0, 0.1) is 20.8 Å². The Labute approximate surface area is 171 Å². The van der Waals surface area contributed by atoms with Crippen molar-refractivity contribution >= 4 is 39.1 Å². The summed E-state index contributed by atoms with van der Waals surface area (Å²) in [5.41, 5.74) is 4.54. The van der Waals surface area contributed by atoms with Crippen LogP contribution in [0.15, 0.2) is 34.9 Å². The first-order valence-electron chi connectivity index (χ1n) is 8.61. The molecule has 0 saturated carbocycles. The van der Waals surface area contributed by atoms with Crippen LogP contribution in [0.3, 0.4) is 0 Å². The maximum Gasteiger partial charge on any atom is 0.226 e. The van der Waals surface area contributed by atoms with Crippen LogP contribution in [-0.2, 0) is 17.9 Å². The third-order valence-corrected chi connectivity index (χ3v) is 5.47. The van der Waals surface area contributed by atoms with Crippen molar-refractivity contribution < 1.29 is 4.79 Å². The molecule has 1 aromatic carbocycles. The molecule has 0 aliphatic carbocycles. The zero-order chi connectivity index (χ0) is 19.6. The van der Waals surface area contributed by atoms with Gasteiger partial charge in [-0.1, -0.05) is 23.7 Å². The van der Waals surface area contributed by atoms with Crippen molar-refractivity contribution in [2.75, 3.05) is 5.32 Å². The fourth-order valence-electron chi connectivity index (χ4n) is 2.90. The predicted molar refractivity (Wildman–Crippen MR) is 110 cm³/mol. The highest BCUT2D eigenvalue weighted by molar-refractivity contribution is 9.10. The van der Waals surface area contributed by atoms with Gasteiger partial charge in [-0.3, -0.25) is 14.2 Å². The van der Waals surface area contributed by atoms with Crippen molar-refractivity contribution in [3.05, 3.63) is 62.6 Å². The van der Waals surface area contributed by atoms with E-state index in [1.807, 2.05) is 54.4 Å². The Morgan fingerprint density at radius 2 is 2.00 bits per heavy atom. The van der Waals surface area contributed by atoms with E-state index in [-0.39, 0.29) is 5.91 Å². The van der Waals surface area contributed by atoms with Gasteiger partial charge in [0.25, 0.3) is 0 Å². The number of benzene rings is 1. The Balaban J connectivity index is 1.67. The van der Waals surface area contributed by atoms with Crippen LogP contribution in [-0.4, -0.2) is 25.5 Å². The first kappa shape index (κ1) is 19.6. The maximum absolute atomic E-state index is 12.4. The molecule has 0 fully saturated rings. The van der Waals surface area contributed by atoms with Gasteiger partial charge in [0.05, 0.1) is 40.8 Å². The Morgan fingerprint density at radius 3 is 2.67 bits per heavy atom. The summed E-state index contributed by atoms with van der Waals surface area (Å²) in [6.45, 7) is 6.94. The number of hydrogen-bond acceptors (Lipinski definition) is 3. The number of hydrogen-bond donors (Lipinski definition) is 1. The van der Waals surface area contributed by atoms with Crippen molar-refractivity contribution in [2.45, 2.75) is 40.3 Å². The first-order chi connectivity index (χ1) is 12.8. The van der Waals surface area contributed by atoms with Crippen LogP contribution >= 0.6 is 27.5 Å². The fourth-order valence-corrected chi connectivity index (χ4v) is 3.41. The summed E-state index contributed by atoms with van der Waals surface area (Å²) in [5.74, 6) is -0.0606. The van der Waals surface area contributed by atoms with E-state index >= 15 is 0 Å². The van der Waals surface area contributed by atoms with Gasteiger partial charge in [-0.2, -0.15) is 10.2 Å². The molecule has 0 atom stereocenters. The fraction of sp³-hybridized carbons (Fsp3) is 0.316. The van der Waals surface area contributed by atoms with Crippen LogP contribution in [0.1, 0.15) is 29.1 Å². The number of aromatic nitrogens is 4. The number of rotatable bonds is 6. The van der Waals surface area contributed by atoms with E-state index in [9.17, 15) is 4.79 Å². The van der Waals surface area contributed by atoms with Crippen molar-refractivity contribution in [1.29, 1.82) is 0 Å². The normalized spacial score (nSPS) is 11.0. The molecule has 0 saturated heterocycles. The number of aryl methyl sites for hydroxylation is 2. The Hall–Kier alpha value is -2.12. The summed E-state index contributed by atoms with van der Waals surface area (Å²) >= 11 is 9.48. The number of nitrogens with one attached hydrogen (secondary N) is 1. The lowest BCUT2D eigenvalue weighted by Gasteiger charge is -2.08. The van der Waals surface area contributed by atoms with Gasteiger partial charge in [-0.15, -0.1) is 0 Å². The van der Waals surface area contributed by atoms with Crippen molar-refractivity contribution in [1.82, 2.24) is 19.6 Å². The van der Waals surface area contributed by atoms with E-state index in [4.69, 9.17) is 11.6 Å². The molecular formula is C19H21BrClN5O. The van der Waals surface area contributed by atoms with Crippen LogP contribution in [0.4, 0.5) is 5.69 Å². The minimum atomic E-state index is -0.0606. The standard InChI is InChI=1S/C19H21BrClN5O/c1-12-19(23-18(27)7-8-25-13(2)17(20)10-22-25)14(3)26(24-12)11-15-5-4-6-16(21)9-15/h4-6,9-10H,7-8,11H2,1-3H3,(H,23,27). The van der Waals surface area contributed by atoms with Crippen molar-refractivity contribution in [3.8, 4) is 0 Å². The van der Waals surface area contributed by atoms with E-state index < -0.39 is 0 Å². The molecule has 0 aliphatic rings. The number of anilines is 1. The summed E-state index contributed by atoms with van der Waals surface area (Å²) in [5, 5.41) is 12.5. The third kappa shape index (κ3) is 4.59. The molecule has 0 aliphatic heterocycles. The first-order valence-corrected chi connectivity index (χ1v) is 9.78. The molecule has 0 unspecified atom stereocenters. The summed E-state index contributed by atoms with van der Waals surface area (Å²) in [7, 11) is 0. The van der Waals surface area contributed by atoms with Gasteiger partial charge in [-0.25, -0.2) is 0 Å². The largest absolute Gasteiger partial charge is 0.323 e. The van der Waals surface area contributed by atoms with Crippen LogP contribution in [0.25, 0.3) is 0 Å². The minimum Gasteiger partial charge on any atom is -0.323 e. The van der Waals surface area contributed by atoms with Crippen LogP contribution < -0.4 is 5.32 Å². The number of carbonyl (C=O) groups is 1. The second kappa shape index (κ2) is 8.27. The van der Waals surface area contributed by atoms with E-state index in [0.29, 0.717) is 24.5 Å². The Kier molecular flexibility index (Phi) is 6.01. The average Bonchev–Trinajstić information content (AvgIpc) is 3.07. The molecule has 0 radical (unpaired) electrons. The SMILES string of the molecule is Cc1nn(Cc2cccc(Cl)c2)c(C)c1NC(=O)CCn1ncc(Br)c1C.